The summed E-state index contributed by atoms with van der Waals surface area (Å²) in [6.45, 7) is 0. The summed E-state index contributed by atoms with van der Waals surface area (Å²) >= 11 is 0. The van der Waals surface area contributed by atoms with E-state index in [0.29, 0.717) is 16.5 Å². The molecule has 0 heterocycles. The summed E-state index contributed by atoms with van der Waals surface area (Å²) in [6, 6.07) is 10.2. The van der Waals surface area contributed by atoms with Crippen LogP contribution in [0, 0.1) is 0 Å². The lowest BCUT2D eigenvalue weighted by Crippen LogP contribution is -2.09. The Balaban J connectivity index is 2.26. The second kappa shape index (κ2) is 5.88. The highest BCUT2D eigenvalue weighted by Gasteiger charge is 2.06. The van der Waals surface area contributed by atoms with Crippen LogP contribution in [0.3, 0.4) is 0 Å². The van der Waals surface area contributed by atoms with Crippen LogP contribution in [0.2, 0.25) is 0 Å². The molecule has 0 saturated carbocycles. The molecule has 1 amide bonds. The third kappa shape index (κ3) is 2.95. The number of hydrogen-bond acceptors (Lipinski definition) is 4. The van der Waals surface area contributed by atoms with Gasteiger partial charge in [-0.2, -0.15) is 0 Å². The molecule has 0 saturated heterocycles. The van der Waals surface area contributed by atoms with E-state index < -0.39 is 11.9 Å². The van der Waals surface area contributed by atoms with E-state index in [-0.39, 0.29) is 5.75 Å². The second-order valence-electron chi connectivity index (χ2n) is 4.02. The fourth-order valence-electron chi connectivity index (χ4n) is 1.79. The van der Waals surface area contributed by atoms with Crippen molar-refractivity contribution in [2.45, 2.75) is 0 Å². The molecule has 0 aliphatic heterocycles. The van der Waals surface area contributed by atoms with Crippen LogP contribution < -0.4 is 5.32 Å². The number of anilines is 1. The van der Waals surface area contributed by atoms with Crippen molar-refractivity contribution >= 4 is 28.3 Å². The first-order valence-corrected chi connectivity index (χ1v) is 5.89. The van der Waals surface area contributed by atoms with Gasteiger partial charge in [0.1, 0.15) is 5.75 Å². The molecule has 0 radical (unpaired) electrons. The summed E-state index contributed by atoms with van der Waals surface area (Å²) in [4.78, 5) is 22.6. The summed E-state index contributed by atoms with van der Waals surface area (Å²) in [6.07, 6.45) is 2.13. The number of aromatic hydroxyl groups is 1. The lowest BCUT2D eigenvalue weighted by molar-refractivity contribution is -0.135. The quantitative estimate of drug-likeness (QED) is 0.663. The Morgan fingerprint density at radius 2 is 1.80 bits per heavy atom. The van der Waals surface area contributed by atoms with E-state index in [1.807, 2.05) is 0 Å². The molecule has 0 fully saturated rings. The Morgan fingerprint density at radius 1 is 1.10 bits per heavy atom. The normalized spacial score (nSPS) is 10.7. The minimum Gasteiger partial charge on any atom is -0.507 e. The molecule has 5 heteroatoms. The molecule has 0 aromatic heterocycles. The smallest absolute Gasteiger partial charge is 0.330 e. The Hall–Kier alpha value is -2.82. The van der Waals surface area contributed by atoms with E-state index in [0.717, 1.165) is 12.2 Å². The van der Waals surface area contributed by atoms with Gasteiger partial charge in [0, 0.05) is 28.6 Å². The minimum atomic E-state index is -0.601. The second-order valence-corrected chi connectivity index (χ2v) is 4.02. The van der Waals surface area contributed by atoms with Crippen molar-refractivity contribution in [1.82, 2.24) is 0 Å². The number of nitrogens with one attached hydrogen (secondary N) is 1. The van der Waals surface area contributed by atoms with Crippen molar-refractivity contribution in [1.29, 1.82) is 0 Å². The van der Waals surface area contributed by atoms with Gasteiger partial charge in [-0.25, -0.2) is 4.79 Å². The third-order valence-corrected chi connectivity index (χ3v) is 2.73. The summed E-state index contributed by atoms with van der Waals surface area (Å²) in [5, 5.41) is 13.8. The predicted octanol–water partition coefficient (Wildman–Crippen LogP) is 2.21. The number of benzene rings is 2. The van der Waals surface area contributed by atoms with Crippen molar-refractivity contribution in [2.24, 2.45) is 0 Å². The molecule has 2 aromatic carbocycles. The van der Waals surface area contributed by atoms with Crippen LogP contribution in [0.15, 0.2) is 48.6 Å². The predicted molar refractivity (Wildman–Crippen MR) is 75.4 cm³/mol. The highest BCUT2D eigenvalue weighted by Crippen LogP contribution is 2.29. The average Bonchev–Trinajstić information content (AvgIpc) is 2.46. The van der Waals surface area contributed by atoms with Gasteiger partial charge in [0.2, 0.25) is 5.91 Å². The van der Waals surface area contributed by atoms with Crippen LogP contribution in [0.1, 0.15) is 0 Å². The van der Waals surface area contributed by atoms with E-state index in [2.05, 4.69) is 10.1 Å². The average molecular weight is 271 g/mol. The Bertz CT molecular complexity index is 691. The standard InChI is InChI=1S/C15H13NO4/c1-20-15(19)9-8-14(18)16-12-6-2-5-11-10(12)4-3-7-13(11)17/h2-9,17H,1H3,(H,16,18)/b9-8-. The maximum absolute atomic E-state index is 11.7. The maximum atomic E-state index is 11.7. The molecule has 0 bridgehead atoms. The van der Waals surface area contributed by atoms with Gasteiger partial charge in [0.15, 0.2) is 0 Å². The molecule has 5 nitrogen and oxygen atoms in total. The zero-order valence-electron chi connectivity index (χ0n) is 10.8. The third-order valence-electron chi connectivity index (χ3n) is 2.73. The van der Waals surface area contributed by atoms with Gasteiger partial charge in [-0.3, -0.25) is 4.79 Å². The first-order valence-electron chi connectivity index (χ1n) is 5.89. The van der Waals surface area contributed by atoms with Crippen LogP contribution >= 0.6 is 0 Å². The van der Waals surface area contributed by atoms with Gasteiger partial charge in [-0.05, 0) is 12.1 Å². The number of amides is 1. The number of carbonyl (C=O) groups excluding carboxylic acids is 2. The maximum Gasteiger partial charge on any atom is 0.330 e. The lowest BCUT2D eigenvalue weighted by atomic mass is 10.1. The van der Waals surface area contributed by atoms with E-state index in [9.17, 15) is 14.7 Å². The summed E-state index contributed by atoms with van der Waals surface area (Å²) < 4.78 is 4.40. The molecule has 2 rings (SSSR count). The number of rotatable bonds is 3. The van der Waals surface area contributed by atoms with Crippen molar-refractivity contribution < 1.29 is 19.4 Å². The van der Waals surface area contributed by atoms with Gasteiger partial charge >= 0.3 is 5.97 Å². The number of methoxy groups -OCH3 is 1. The molecule has 2 N–H and O–H groups in total. The highest BCUT2D eigenvalue weighted by atomic mass is 16.5. The van der Waals surface area contributed by atoms with Crippen molar-refractivity contribution in [3.63, 3.8) is 0 Å². The van der Waals surface area contributed by atoms with E-state index in [4.69, 9.17) is 0 Å². The largest absolute Gasteiger partial charge is 0.507 e. The molecule has 0 aliphatic carbocycles. The number of ether oxygens (including phenoxy) is 1. The molecule has 102 valence electrons. The molecule has 0 spiro atoms. The number of fused-ring (bicyclic) bond motifs is 1. The fraction of sp³-hybridized carbons (Fsp3) is 0.0667. The Labute approximate surface area is 115 Å². The fourth-order valence-corrected chi connectivity index (χ4v) is 1.79. The summed E-state index contributed by atoms with van der Waals surface area (Å²) in [5.74, 6) is -0.911. The van der Waals surface area contributed by atoms with Crippen molar-refractivity contribution in [2.75, 3.05) is 12.4 Å². The van der Waals surface area contributed by atoms with Gasteiger partial charge < -0.3 is 15.2 Å². The number of phenols is 1. The monoisotopic (exact) mass is 271 g/mol. The lowest BCUT2D eigenvalue weighted by Gasteiger charge is -2.07. The van der Waals surface area contributed by atoms with Crippen LogP contribution in [0.25, 0.3) is 10.8 Å². The molecule has 0 atom stereocenters. The van der Waals surface area contributed by atoms with Gasteiger partial charge in [-0.15, -0.1) is 0 Å². The number of esters is 1. The molecule has 2 aromatic rings. The van der Waals surface area contributed by atoms with Crippen molar-refractivity contribution in [3.8, 4) is 5.75 Å². The molecule has 20 heavy (non-hydrogen) atoms. The van der Waals surface area contributed by atoms with Crippen molar-refractivity contribution in [3.05, 3.63) is 48.6 Å². The number of carbonyl (C=O) groups is 2. The topological polar surface area (TPSA) is 75.6 Å². The Kier molecular flexibility index (Phi) is 4.00. The molecular formula is C15H13NO4. The Morgan fingerprint density at radius 3 is 2.55 bits per heavy atom. The highest BCUT2D eigenvalue weighted by molar-refractivity contribution is 6.08. The summed E-state index contributed by atoms with van der Waals surface area (Å²) in [7, 11) is 1.23. The SMILES string of the molecule is COC(=O)/C=C\C(=O)Nc1cccc2c(O)cccc12. The van der Waals surface area contributed by atoms with Crippen LogP contribution in [-0.2, 0) is 14.3 Å². The van der Waals surface area contributed by atoms with Crippen LogP contribution in [-0.4, -0.2) is 24.1 Å². The first-order chi connectivity index (χ1) is 9.61. The first kappa shape index (κ1) is 13.6. The van der Waals surface area contributed by atoms with Gasteiger partial charge in [-0.1, -0.05) is 24.3 Å². The number of phenolic OH excluding ortho intramolecular Hbond substituents is 1. The summed E-state index contributed by atoms with van der Waals surface area (Å²) in [5.41, 5.74) is 0.554. The van der Waals surface area contributed by atoms with E-state index >= 15 is 0 Å². The van der Waals surface area contributed by atoms with E-state index in [1.165, 1.54) is 7.11 Å². The zero-order valence-corrected chi connectivity index (χ0v) is 10.8. The zero-order chi connectivity index (χ0) is 14.5. The van der Waals surface area contributed by atoms with Crippen LogP contribution in [0.4, 0.5) is 5.69 Å². The minimum absolute atomic E-state index is 0.142. The molecule has 0 aliphatic rings. The molecule has 0 unspecified atom stereocenters. The van der Waals surface area contributed by atoms with Gasteiger partial charge in [0.25, 0.3) is 0 Å². The van der Waals surface area contributed by atoms with Crippen LogP contribution in [0.5, 0.6) is 5.75 Å². The molecular weight excluding hydrogens is 258 g/mol. The van der Waals surface area contributed by atoms with E-state index in [1.54, 1.807) is 36.4 Å². The number of hydrogen-bond donors (Lipinski definition) is 2. The van der Waals surface area contributed by atoms with Gasteiger partial charge in [0.05, 0.1) is 7.11 Å².